The topological polar surface area (TPSA) is 55.7 Å². The highest BCUT2D eigenvalue weighted by Crippen LogP contribution is 2.65. The van der Waals surface area contributed by atoms with Gasteiger partial charge in [-0.2, -0.15) is 0 Å². The standard InChI is InChI=1S/C18H24N2O2S2.ClH/c1-14-9-11-15(12-10-14)20-16-6-3-4-7-17(16)23-18(24(20,21)22)8-5-13-19-2;/h3-4,6-7,9-12,18-19,21-22H,5,8,13H2,1-2H3;1H. The highest BCUT2D eigenvalue weighted by atomic mass is 35.5. The molecule has 0 spiro atoms. The minimum atomic E-state index is -2.96. The Morgan fingerprint density at radius 1 is 1.12 bits per heavy atom. The van der Waals surface area contributed by atoms with E-state index in [0.717, 1.165) is 41.2 Å². The summed E-state index contributed by atoms with van der Waals surface area (Å²) in [5.74, 6) is 0. The molecule has 0 aromatic heterocycles. The molecule has 2 aromatic carbocycles. The molecular formula is C18H25ClN2O2S2. The van der Waals surface area contributed by atoms with Gasteiger partial charge in [-0.1, -0.05) is 41.6 Å². The first-order valence-corrected chi connectivity index (χ1v) is 10.5. The number of aryl methyl sites for hydroxylation is 1. The third-order valence-corrected chi connectivity index (χ3v) is 8.15. The molecule has 0 amide bonds. The van der Waals surface area contributed by atoms with E-state index >= 15 is 0 Å². The number of rotatable bonds is 5. The minimum Gasteiger partial charge on any atom is -0.320 e. The van der Waals surface area contributed by atoms with E-state index in [0.29, 0.717) is 0 Å². The van der Waals surface area contributed by atoms with Crippen molar-refractivity contribution in [3.05, 3.63) is 54.1 Å². The van der Waals surface area contributed by atoms with Crippen LogP contribution in [0.25, 0.3) is 0 Å². The van der Waals surface area contributed by atoms with Crippen molar-refractivity contribution < 1.29 is 9.11 Å². The van der Waals surface area contributed by atoms with E-state index in [9.17, 15) is 9.11 Å². The summed E-state index contributed by atoms with van der Waals surface area (Å²) in [6.07, 6.45) is 1.67. The third kappa shape index (κ3) is 4.27. The molecule has 0 saturated heterocycles. The Labute approximate surface area is 161 Å². The van der Waals surface area contributed by atoms with Gasteiger partial charge in [-0.25, -0.2) is 4.31 Å². The van der Waals surface area contributed by atoms with Crippen LogP contribution in [-0.2, 0) is 0 Å². The molecule has 2 aromatic rings. The van der Waals surface area contributed by atoms with Crippen LogP contribution in [0.1, 0.15) is 18.4 Å². The van der Waals surface area contributed by atoms with Crippen LogP contribution in [0, 0.1) is 6.92 Å². The van der Waals surface area contributed by atoms with Gasteiger partial charge in [0.25, 0.3) is 0 Å². The fourth-order valence-electron chi connectivity index (χ4n) is 2.83. The van der Waals surface area contributed by atoms with Gasteiger partial charge < -0.3 is 5.32 Å². The second kappa shape index (κ2) is 8.66. The van der Waals surface area contributed by atoms with E-state index in [1.54, 1.807) is 16.1 Å². The summed E-state index contributed by atoms with van der Waals surface area (Å²) >= 11 is 1.58. The molecule has 1 aliphatic rings. The molecule has 4 nitrogen and oxygen atoms in total. The molecule has 0 aliphatic carbocycles. The predicted molar refractivity (Wildman–Crippen MR) is 113 cm³/mol. The number of para-hydroxylation sites is 1. The fourth-order valence-corrected chi connectivity index (χ4v) is 6.58. The molecule has 0 bridgehead atoms. The normalized spacial score (nSPS) is 19.7. The first-order valence-electron chi connectivity index (χ1n) is 8.08. The SMILES string of the molecule is CNCCCC1Sc2ccccc2N(c2ccc(C)cc2)S1(O)O.Cl. The number of anilines is 2. The molecule has 3 rings (SSSR count). The average Bonchev–Trinajstić information content (AvgIpc) is 2.56. The van der Waals surface area contributed by atoms with Crippen LogP contribution in [0.3, 0.4) is 0 Å². The van der Waals surface area contributed by atoms with Crippen molar-refractivity contribution in [2.45, 2.75) is 29.2 Å². The van der Waals surface area contributed by atoms with E-state index in [1.165, 1.54) is 0 Å². The zero-order chi connectivity index (χ0) is 17.2. The van der Waals surface area contributed by atoms with Crippen LogP contribution in [0.5, 0.6) is 0 Å². The highest BCUT2D eigenvalue weighted by molar-refractivity contribution is 8.34. The van der Waals surface area contributed by atoms with Crippen LogP contribution in [0.4, 0.5) is 11.4 Å². The van der Waals surface area contributed by atoms with Gasteiger partial charge in [-0.05, 0) is 57.6 Å². The predicted octanol–water partition coefficient (Wildman–Crippen LogP) is 5.65. The van der Waals surface area contributed by atoms with Crippen molar-refractivity contribution in [1.82, 2.24) is 5.32 Å². The molecule has 1 heterocycles. The second-order valence-electron chi connectivity index (χ2n) is 5.95. The smallest absolute Gasteiger partial charge is 0.119 e. The maximum atomic E-state index is 11.1. The second-order valence-corrected chi connectivity index (χ2v) is 9.55. The van der Waals surface area contributed by atoms with E-state index in [-0.39, 0.29) is 17.0 Å². The molecule has 1 unspecified atom stereocenters. The lowest BCUT2D eigenvalue weighted by molar-refractivity contribution is 0.477. The van der Waals surface area contributed by atoms with Gasteiger partial charge >= 0.3 is 0 Å². The highest BCUT2D eigenvalue weighted by Gasteiger charge is 2.39. The molecule has 0 saturated carbocycles. The van der Waals surface area contributed by atoms with Gasteiger partial charge in [0.05, 0.1) is 11.4 Å². The molecule has 25 heavy (non-hydrogen) atoms. The van der Waals surface area contributed by atoms with Gasteiger partial charge in [0.2, 0.25) is 0 Å². The number of benzene rings is 2. The van der Waals surface area contributed by atoms with Crippen LogP contribution in [0.15, 0.2) is 53.4 Å². The van der Waals surface area contributed by atoms with Crippen molar-refractivity contribution in [3.8, 4) is 0 Å². The fraction of sp³-hybridized carbons (Fsp3) is 0.333. The van der Waals surface area contributed by atoms with Gasteiger partial charge in [0.15, 0.2) is 0 Å². The summed E-state index contributed by atoms with van der Waals surface area (Å²) in [6, 6.07) is 15.9. The molecule has 1 aliphatic heterocycles. The van der Waals surface area contributed by atoms with Crippen LogP contribution >= 0.6 is 34.9 Å². The summed E-state index contributed by atoms with van der Waals surface area (Å²) in [5, 5.41) is 3.13. The maximum absolute atomic E-state index is 11.1. The minimum absolute atomic E-state index is 0. The van der Waals surface area contributed by atoms with Gasteiger partial charge in [-0.3, -0.25) is 9.11 Å². The first-order chi connectivity index (χ1) is 11.5. The Balaban J connectivity index is 0.00000225. The zero-order valence-corrected chi connectivity index (χ0v) is 16.8. The van der Waals surface area contributed by atoms with Gasteiger partial charge in [-0.15, -0.1) is 23.2 Å². The summed E-state index contributed by atoms with van der Waals surface area (Å²) < 4.78 is 23.7. The largest absolute Gasteiger partial charge is 0.320 e. The lowest BCUT2D eigenvalue weighted by Gasteiger charge is -2.52. The lowest BCUT2D eigenvalue weighted by atomic mass is 10.2. The van der Waals surface area contributed by atoms with E-state index in [2.05, 4.69) is 11.4 Å². The third-order valence-electron chi connectivity index (χ3n) is 4.10. The van der Waals surface area contributed by atoms with Crippen molar-refractivity contribution in [2.24, 2.45) is 0 Å². The molecule has 3 N–H and O–H groups in total. The molecular weight excluding hydrogens is 376 g/mol. The van der Waals surface area contributed by atoms with E-state index in [4.69, 9.17) is 0 Å². The monoisotopic (exact) mass is 400 g/mol. The van der Waals surface area contributed by atoms with Crippen LogP contribution in [-0.4, -0.2) is 27.3 Å². The summed E-state index contributed by atoms with van der Waals surface area (Å²) in [5.41, 5.74) is 2.85. The lowest BCUT2D eigenvalue weighted by Crippen LogP contribution is -2.33. The Morgan fingerprint density at radius 2 is 1.80 bits per heavy atom. The van der Waals surface area contributed by atoms with Gasteiger partial charge in [0, 0.05) is 4.90 Å². The summed E-state index contributed by atoms with van der Waals surface area (Å²) in [7, 11) is -1.04. The Bertz CT molecular complexity index is 698. The van der Waals surface area contributed by atoms with Crippen molar-refractivity contribution in [1.29, 1.82) is 0 Å². The molecule has 0 fully saturated rings. The van der Waals surface area contributed by atoms with Crippen molar-refractivity contribution in [2.75, 3.05) is 17.9 Å². The van der Waals surface area contributed by atoms with E-state index < -0.39 is 10.8 Å². The summed E-state index contributed by atoms with van der Waals surface area (Å²) in [6.45, 7) is 2.90. The number of nitrogens with zero attached hydrogens (tertiary/aromatic N) is 1. The summed E-state index contributed by atoms with van der Waals surface area (Å²) in [4.78, 5) is 1.10. The van der Waals surface area contributed by atoms with Gasteiger partial charge in [0.1, 0.15) is 4.58 Å². The average molecular weight is 401 g/mol. The number of thioether (sulfide) groups is 1. The number of hydrogen-bond acceptors (Lipinski definition) is 5. The van der Waals surface area contributed by atoms with E-state index in [1.807, 2.05) is 56.4 Å². The molecule has 1 atom stereocenters. The maximum Gasteiger partial charge on any atom is 0.119 e. The molecule has 7 heteroatoms. The first kappa shape index (κ1) is 20.4. The Hall–Kier alpha value is -0.890. The molecule has 0 radical (unpaired) electrons. The quantitative estimate of drug-likeness (QED) is 0.566. The number of halogens is 1. The van der Waals surface area contributed by atoms with Crippen molar-refractivity contribution in [3.63, 3.8) is 0 Å². The number of hydrogen-bond donors (Lipinski definition) is 3. The Kier molecular flexibility index (Phi) is 7.08. The number of nitrogens with one attached hydrogen (secondary N) is 1. The molecule has 138 valence electrons. The van der Waals surface area contributed by atoms with Crippen LogP contribution in [0.2, 0.25) is 0 Å². The number of fused-ring (bicyclic) bond motifs is 1. The van der Waals surface area contributed by atoms with Crippen molar-refractivity contribution >= 4 is 46.3 Å². The Morgan fingerprint density at radius 3 is 2.48 bits per heavy atom. The zero-order valence-electron chi connectivity index (χ0n) is 14.4. The van der Waals surface area contributed by atoms with Crippen LogP contribution < -0.4 is 9.62 Å².